The van der Waals surface area contributed by atoms with Crippen LogP contribution in [0.1, 0.15) is 17.3 Å². The number of aromatic nitrogens is 2. The molecule has 0 unspecified atom stereocenters. The van der Waals surface area contributed by atoms with Crippen molar-refractivity contribution < 1.29 is 9.53 Å². The van der Waals surface area contributed by atoms with Gasteiger partial charge in [-0.15, -0.1) is 0 Å². The fraction of sp³-hybridized carbons (Fsp3) is 0.250. The highest BCUT2D eigenvalue weighted by atomic mass is 16.5. The maximum atomic E-state index is 11.6. The normalized spacial score (nSPS) is 14.4. The van der Waals surface area contributed by atoms with Gasteiger partial charge >= 0.3 is 0 Å². The summed E-state index contributed by atoms with van der Waals surface area (Å²) in [4.78, 5) is 23.2. The van der Waals surface area contributed by atoms with E-state index in [0.717, 1.165) is 35.5 Å². The van der Waals surface area contributed by atoms with Crippen molar-refractivity contribution in [3.8, 4) is 0 Å². The Labute approximate surface area is 151 Å². The first-order chi connectivity index (χ1) is 12.7. The van der Waals surface area contributed by atoms with E-state index >= 15 is 0 Å². The number of carbonyl (C=O) groups excluding carboxylic acids is 1. The molecule has 2 aromatic carbocycles. The zero-order chi connectivity index (χ0) is 17.9. The molecule has 2 heterocycles. The van der Waals surface area contributed by atoms with Crippen molar-refractivity contribution in [3.05, 3.63) is 54.1 Å². The third-order valence-electron chi connectivity index (χ3n) is 4.42. The fourth-order valence-electron chi connectivity index (χ4n) is 3.08. The van der Waals surface area contributed by atoms with E-state index < -0.39 is 0 Å². The first-order valence-electron chi connectivity index (χ1n) is 8.68. The van der Waals surface area contributed by atoms with Crippen molar-refractivity contribution in [2.75, 3.05) is 36.5 Å². The van der Waals surface area contributed by atoms with Crippen LogP contribution >= 0.6 is 0 Å². The second-order valence-corrected chi connectivity index (χ2v) is 6.25. The molecule has 0 atom stereocenters. The van der Waals surface area contributed by atoms with Crippen LogP contribution in [0.25, 0.3) is 10.9 Å². The van der Waals surface area contributed by atoms with Crippen LogP contribution in [0.5, 0.6) is 0 Å². The van der Waals surface area contributed by atoms with Crippen molar-refractivity contribution in [3.63, 3.8) is 0 Å². The van der Waals surface area contributed by atoms with E-state index in [9.17, 15) is 4.79 Å². The van der Waals surface area contributed by atoms with Gasteiger partial charge < -0.3 is 15.0 Å². The van der Waals surface area contributed by atoms with Crippen LogP contribution in [0.4, 0.5) is 17.5 Å². The molecule has 0 bridgehead atoms. The van der Waals surface area contributed by atoms with E-state index in [1.165, 1.54) is 0 Å². The van der Waals surface area contributed by atoms with Gasteiger partial charge in [0.05, 0.1) is 18.7 Å². The number of carbonyl (C=O) groups is 1. The van der Waals surface area contributed by atoms with Crippen molar-refractivity contribution in [2.45, 2.75) is 6.92 Å². The predicted octanol–water partition coefficient (Wildman–Crippen LogP) is 3.41. The lowest BCUT2D eigenvalue weighted by atomic mass is 10.1. The Morgan fingerprint density at radius 2 is 1.88 bits per heavy atom. The number of benzene rings is 2. The molecule has 1 aromatic heterocycles. The highest BCUT2D eigenvalue weighted by Gasteiger charge is 2.17. The minimum absolute atomic E-state index is 0.0297. The SMILES string of the molecule is CC(=O)c1cccc(Nc2nc(N3CCOCC3)c3ccccc3n2)c1. The summed E-state index contributed by atoms with van der Waals surface area (Å²) in [6.45, 7) is 4.56. The lowest BCUT2D eigenvalue weighted by Crippen LogP contribution is -2.37. The third-order valence-corrected chi connectivity index (χ3v) is 4.42. The number of fused-ring (bicyclic) bond motifs is 1. The van der Waals surface area contributed by atoms with Crippen LogP contribution in [0.3, 0.4) is 0 Å². The molecule has 0 saturated carbocycles. The first kappa shape index (κ1) is 16.5. The number of hydrogen-bond donors (Lipinski definition) is 1. The Balaban J connectivity index is 1.73. The minimum atomic E-state index is 0.0297. The van der Waals surface area contributed by atoms with E-state index in [2.05, 4.69) is 15.2 Å². The molecule has 1 fully saturated rings. The molecule has 0 amide bonds. The van der Waals surface area contributed by atoms with Crippen LogP contribution in [0.2, 0.25) is 0 Å². The van der Waals surface area contributed by atoms with Gasteiger partial charge in [0, 0.05) is 29.7 Å². The quantitative estimate of drug-likeness (QED) is 0.729. The van der Waals surface area contributed by atoms with Gasteiger partial charge in [0.2, 0.25) is 5.95 Å². The Morgan fingerprint density at radius 3 is 2.69 bits per heavy atom. The molecule has 1 N–H and O–H groups in total. The standard InChI is InChI=1S/C20H20N4O2/c1-14(25)15-5-4-6-16(13-15)21-20-22-18-8-3-2-7-17(18)19(23-20)24-9-11-26-12-10-24/h2-8,13H,9-12H2,1H3,(H,21,22,23). The predicted molar refractivity (Wildman–Crippen MR) is 102 cm³/mol. The summed E-state index contributed by atoms with van der Waals surface area (Å²) in [7, 11) is 0. The van der Waals surface area contributed by atoms with Crippen LogP contribution in [-0.4, -0.2) is 42.1 Å². The Hall–Kier alpha value is -2.99. The first-order valence-corrected chi connectivity index (χ1v) is 8.68. The van der Waals surface area contributed by atoms with Crippen molar-refractivity contribution in [1.29, 1.82) is 0 Å². The number of para-hydroxylation sites is 1. The van der Waals surface area contributed by atoms with Crippen molar-refractivity contribution >= 4 is 34.1 Å². The summed E-state index contributed by atoms with van der Waals surface area (Å²) in [6, 6.07) is 15.4. The van der Waals surface area contributed by atoms with E-state index in [-0.39, 0.29) is 5.78 Å². The van der Waals surface area contributed by atoms with E-state index in [1.807, 2.05) is 42.5 Å². The molecular formula is C20H20N4O2. The van der Waals surface area contributed by atoms with Gasteiger partial charge in [0.15, 0.2) is 5.78 Å². The number of hydrogen-bond acceptors (Lipinski definition) is 6. The maximum absolute atomic E-state index is 11.6. The summed E-state index contributed by atoms with van der Waals surface area (Å²) in [5.41, 5.74) is 2.33. The van der Waals surface area contributed by atoms with Gasteiger partial charge in [0.1, 0.15) is 5.82 Å². The van der Waals surface area contributed by atoms with Gasteiger partial charge in [-0.3, -0.25) is 4.79 Å². The number of ketones is 1. The third kappa shape index (κ3) is 3.36. The monoisotopic (exact) mass is 348 g/mol. The van der Waals surface area contributed by atoms with E-state index in [4.69, 9.17) is 9.72 Å². The summed E-state index contributed by atoms with van der Waals surface area (Å²) in [6.07, 6.45) is 0. The summed E-state index contributed by atoms with van der Waals surface area (Å²) < 4.78 is 5.46. The van der Waals surface area contributed by atoms with E-state index in [0.29, 0.717) is 24.7 Å². The second-order valence-electron chi connectivity index (χ2n) is 6.25. The van der Waals surface area contributed by atoms with Crippen LogP contribution in [-0.2, 0) is 4.74 Å². The van der Waals surface area contributed by atoms with Crippen LogP contribution < -0.4 is 10.2 Å². The van der Waals surface area contributed by atoms with Gasteiger partial charge in [-0.05, 0) is 31.2 Å². The molecule has 0 radical (unpaired) electrons. The maximum Gasteiger partial charge on any atom is 0.229 e. The molecular weight excluding hydrogens is 328 g/mol. The summed E-state index contributed by atoms with van der Waals surface area (Å²) in [5.74, 6) is 1.46. The zero-order valence-corrected chi connectivity index (χ0v) is 14.6. The topological polar surface area (TPSA) is 67.4 Å². The Bertz CT molecular complexity index is 951. The number of anilines is 3. The molecule has 1 saturated heterocycles. The van der Waals surface area contributed by atoms with Gasteiger partial charge in [-0.1, -0.05) is 24.3 Å². The summed E-state index contributed by atoms with van der Waals surface area (Å²) >= 11 is 0. The molecule has 132 valence electrons. The number of rotatable bonds is 4. The second kappa shape index (κ2) is 7.09. The highest BCUT2D eigenvalue weighted by Crippen LogP contribution is 2.27. The minimum Gasteiger partial charge on any atom is -0.378 e. The van der Waals surface area contributed by atoms with Gasteiger partial charge in [-0.25, -0.2) is 4.98 Å². The van der Waals surface area contributed by atoms with Crippen LogP contribution in [0.15, 0.2) is 48.5 Å². The van der Waals surface area contributed by atoms with Gasteiger partial charge in [-0.2, -0.15) is 4.98 Å². The molecule has 1 aliphatic rings. The smallest absolute Gasteiger partial charge is 0.229 e. The van der Waals surface area contributed by atoms with Crippen LogP contribution in [0, 0.1) is 0 Å². The number of nitrogens with one attached hydrogen (secondary N) is 1. The molecule has 26 heavy (non-hydrogen) atoms. The average molecular weight is 348 g/mol. The number of nitrogens with zero attached hydrogens (tertiary/aromatic N) is 3. The lowest BCUT2D eigenvalue weighted by molar-refractivity contribution is 0.101. The largest absolute Gasteiger partial charge is 0.378 e. The molecule has 3 aromatic rings. The highest BCUT2D eigenvalue weighted by molar-refractivity contribution is 5.95. The zero-order valence-electron chi connectivity index (χ0n) is 14.6. The molecule has 1 aliphatic heterocycles. The molecule has 4 rings (SSSR count). The molecule has 0 aliphatic carbocycles. The van der Waals surface area contributed by atoms with Crippen molar-refractivity contribution in [1.82, 2.24) is 9.97 Å². The van der Waals surface area contributed by atoms with E-state index in [1.54, 1.807) is 13.0 Å². The Kier molecular flexibility index (Phi) is 4.50. The number of ether oxygens (including phenoxy) is 1. The Morgan fingerprint density at radius 1 is 1.08 bits per heavy atom. The lowest BCUT2D eigenvalue weighted by Gasteiger charge is -2.29. The fourth-order valence-corrected chi connectivity index (χ4v) is 3.08. The number of Topliss-reactive ketones (excluding diaryl/α,β-unsaturated/α-hetero) is 1. The van der Waals surface area contributed by atoms with Gasteiger partial charge in [0.25, 0.3) is 0 Å². The summed E-state index contributed by atoms with van der Waals surface area (Å²) in [5, 5.41) is 4.26. The number of morpholine rings is 1. The van der Waals surface area contributed by atoms with Crippen molar-refractivity contribution in [2.24, 2.45) is 0 Å². The average Bonchev–Trinajstić information content (AvgIpc) is 2.68. The molecule has 6 nitrogen and oxygen atoms in total. The molecule has 0 spiro atoms. The molecule has 6 heteroatoms.